The van der Waals surface area contributed by atoms with E-state index < -0.39 is 10.4 Å². The molecule has 24 heavy (non-hydrogen) atoms. The summed E-state index contributed by atoms with van der Waals surface area (Å²) in [5.74, 6) is 0.364. The fourth-order valence-electron chi connectivity index (χ4n) is 1.95. The van der Waals surface area contributed by atoms with Gasteiger partial charge < -0.3 is 10.2 Å². The number of aromatic hydroxyl groups is 1. The summed E-state index contributed by atoms with van der Waals surface area (Å²) in [7, 11) is -4.67. The minimum absolute atomic E-state index is 0.250. The van der Waals surface area contributed by atoms with Crippen molar-refractivity contribution in [2.24, 2.45) is 0 Å². The van der Waals surface area contributed by atoms with Gasteiger partial charge in [-0.25, -0.2) is 0 Å². The van der Waals surface area contributed by atoms with Crippen LogP contribution in [0.15, 0.2) is 24.3 Å². The molecule has 1 aromatic rings. The van der Waals surface area contributed by atoms with Crippen LogP contribution >= 0.6 is 0 Å². The Kier molecular flexibility index (Phi) is 17.5. The van der Waals surface area contributed by atoms with E-state index >= 15 is 0 Å². The fourth-order valence-corrected chi connectivity index (χ4v) is 1.95. The summed E-state index contributed by atoms with van der Waals surface area (Å²) >= 11 is 0. The van der Waals surface area contributed by atoms with Crippen LogP contribution in [0.1, 0.15) is 64.4 Å². The molecule has 0 atom stereocenters. The molecule has 7 heteroatoms. The highest BCUT2D eigenvalue weighted by atomic mass is 32.3. The normalized spacial score (nSPS) is 10.2. The summed E-state index contributed by atoms with van der Waals surface area (Å²) in [5, 5.41) is 16.7. The molecule has 0 aliphatic carbocycles. The number of hydrogen-bond acceptors (Lipinski definition) is 4. The largest absolute Gasteiger partial charge is 0.508 e. The lowest BCUT2D eigenvalue weighted by Gasteiger charge is -2.02. The third-order valence-electron chi connectivity index (χ3n) is 3.01. The highest BCUT2D eigenvalue weighted by Gasteiger charge is 1.94. The standard InChI is InChI=1S/C15H24O.C2H6O.H2O4S/c1-2-3-4-5-6-7-8-9-14-10-12-15(16)13-11-14;1-2-3;1-5(2,3)4/h10-13,16H,2-9H2,1H3;3H,2H2,1H3;(H2,1,2,3,4). The van der Waals surface area contributed by atoms with Crippen LogP contribution in [0.5, 0.6) is 5.75 Å². The van der Waals surface area contributed by atoms with E-state index in [0.717, 1.165) is 6.42 Å². The first kappa shape index (κ1) is 25.1. The van der Waals surface area contributed by atoms with Gasteiger partial charge in [0.1, 0.15) is 5.75 Å². The Labute approximate surface area is 146 Å². The van der Waals surface area contributed by atoms with Gasteiger partial charge in [0.15, 0.2) is 0 Å². The molecular weight excluding hydrogens is 332 g/mol. The molecule has 1 rings (SSSR count). The summed E-state index contributed by atoms with van der Waals surface area (Å²) < 4.78 is 31.6. The maximum Gasteiger partial charge on any atom is 0.394 e. The molecule has 4 N–H and O–H groups in total. The third kappa shape index (κ3) is 25.8. The van der Waals surface area contributed by atoms with Crippen LogP contribution < -0.4 is 0 Å². The Morgan fingerprint density at radius 3 is 1.62 bits per heavy atom. The summed E-state index contributed by atoms with van der Waals surface area (Å²) in [6.45, 7) is 4.19. The molecule has 6 nitrogen and oxygen atoms in total. The van der Waals surface area contributed by atoms with Crippen LogP contribution in [0.3, 0.4) is 0 Å². The summed E-state index contributed by atoms with van der Waals surface area (Å²) in [6, 6.07) is 7.59. The maximum absolute atomic E-state index is 9.15. The summed E-state index contributed by atoms with van der Waals surface area (Å²) in [6.07, 6.45) is 10.6. The van der Waals surface area contributed by atoms with E-state index in [1.807, 2.05) is 12.1 Å². The summed E-state index contributed by atoms with van der Waals surface area (Å²) in [5.41, 5.74) is 1.34. The van der Waals surface area contributed by atoms with Crippen molar-refractivity contribution in [2.45, 2.75) is 65.2 Å². The Hall–Kier alpha value is -1.15. The minimum Gasteiger partial charge on any atom is -0.508 e. The van der Waals surface area contributed by atoms with Gasteiger partial charge in [-0.15, -0.1) is 0 Å². The molecule has 142 valence electrons. The van der Waals surface area contributed by atoms with Crippen molar-refractivity contribution in [3.05, 3.63) is 29.8 Å². The van der Waals surface area contributed by atoms with Gasteiger partial charge in [-0.2, -0.15) is 8.42 Å². The first-order valence-corrected chi connectivity index (χ1v) is 9.72. The Morgan fingerprint density at radius 1 is 0.833 bits per heavy atom. The van der Waals surface area contributed by atoms with E-state index in [1.165, 1.54) is 50.5 Å². The van der Waals surface area contributed by atoms with Crippen molar-refractivity contribution < 1.29 is 27.7 Å². The molecule has 0 aliphatic heterocycles. The molecule has 0 unspecified atom stereocenters. The monoisotopic (exact) mass is 364 g/mol. The first-order chi connectivity index (χ1) is 11.2. The van der Waals surface area contributed by atoms with Crippen molar-refractivity contribution in [3.63, 3.8) is 0 Å². The van der Waals surface area contributed by atoms with Crippen molar-refractivity contribution in [3.8, 4) is 5.75 Å². The van der Waals surface area contributed by atoms with E-state index in [4.69, 9.17) is 27.7 Å². The molecule has 0 aliphatic rings. The molecule has 0 bridgehead atoms. The van der Waals surface area contributed by atoms with Crippen LogP contribution in [-0.4, -0.2) is 34.3 Å². The lowest BCUT2D eigenvalue weighted by Crippen LogP contribution is -1.89. The van der Waals surface area contributed by atoms with E-state index in [9.17, 15) is 0 Å². The molecule has 0 radical (unpaired) electrons. The number of aryl methyl sites for hydroxylation is 1. The van der Waals surface area contributed by atoms with Crippen molar-refractivity contribution in [1.29, 1.82) is 0 Å². The third-order valence-corrected chi connectivity index (χ3v) is 3.01. The number of aliphatic hydroxyl groups is 1. The predicted octanol–water partition coefficient (Wildman–Crippen LogP) is 4.03. The second-order valence-corrected chi connectivity index (χ2v) is 6.20. The van der Waals surface area contributed by atoms with E-state index in [-0.39, 0.29) is 6.61 Å². The van der Waals surface area contributed by atoms with Gasteiger partial charge in [-0.1, -0.05) is 57.6 Å². The second-order valence-electron chi connectivity index (χ2n) is 5.30. The van der Waals surface area contributed by atoms with Crippen molar-refractivity contribution >= 4 is 10.4 Å². The molecule has 0 amide bonds. The molecule has 1 aromatic carbocycles. The molecule has 0 saturated carbocycles. The van der Waals surface area contributed by atoms with Gasteiger partial charge in [-0.3, -0.25) is 9.11 Å². The van der Waals surface area contributed by atoms with E-state index in [2.05, 4.69) is 6.92 Å². The number of rotatable bonds is 8. The van der Waals surface area contributed by atoms with Crippen LogP contribution in [0, 0.1) is 0 Å². The zero-order valence-electron chi connectivity index (χ0n) is 14.7. The van der Waals surface area contributed by atoms with Gasteiger partial charge in [-0.05, 0) is 37.5 Å². The topological polar surface area (TPSA) is 115 Å². The van der Waals surface area contributed by atoms with Gasteiger partial charge in [0, 0.05) is 6.61 Å². The van der Waals surface area contributed by atoms with Crippen LogP contribution in [0.25, 0.3) is 0 Å². The molecule has 0 saturated heterocycles. The smallest absolute Gasteiger partial charge is 0.394 e. The first-order valence-electron chi connectivity index (χ1n) is 8.33. The highest BCUT2D eigenvalue weighted by molar-refractivity contribution is 7.79. The predicted molar refractivity (Wildman–Crippen MR) is 96.7 cm³/mol. The number of benzene rings is 1. The average molecular weight is 365 g/mol. The molecular formula is C17H32O6S. The Morgan fingerprint density at radius 2 is 1.21 bits per heavy atom. The summed E-state index contributed by atoms with van der Waals surface area (Å²) in [4.78, 5) is 0. The SMILES string of the molecule is CCCCCCCCCc1ccc(O)cc1.CCO.O=S(=O)(O)O. The molecule has 0 spiro atoms. The number of hydrogen-bond donors (Lipinski definition) is 4. The number of aliphatic hydroxyl groups excluding tert-OH is 1. The number of unbranched alkanes of at least 4 members (excludes halogenated alkanes) is 6. The maximum atomic E-state index is 9.15. The molecule has 0 heterocycles. The second kappa shape index (κ2) is 16.7. The zero-order chi connectivity index (χ0) is 18.8. The van der Waals surface area contributed by atoms with Gasteiger partial charge in [0.2, 0.25) is 0 Å². The fraction of sp³-hybridized carbons (Fsp3) is 0.647. The zero-order valence-corrected chi connectivity index (χ0v) is 15.5. The van der Waals surface area contributed by atoms with E-state index in [1.54, 1.807) is 19.1 Å². The minimum atomic E-state index is -4.67. The van der Waals surface area contributed by atoms with Gasteiger partial charge in [0.25, 0.3) is 0 Å². The van der Waals surface area contributed by atoms with Crippen LogP contribution in [0.4, 0.5) is 0 Å². The molecule has 0 fully saturated rings. The van der Waals surface area contributed by atoms with Crippen molar-refractivity contribution in [2.75, 3.05) is 6.61 Å². The van der Waals surface area contributed by atoms with Crippen LogP contribution in [-0.2, 0) is 16.8 Å². The Bertz CT molecular complexity index is 462. The van der Waals surface area contributed by atoms with Crippen LogP contribution in [0.2, 0.25) is 0 Å². The highest BCUT2D eigenvalue weighted by Crippen LogP contribution is 2.13. The number of phenols is 1. The quantitative estimate of drug-likeness (QED) is 0.409. The Balaban J connectivity index is 0. The lowest BCUT2D eigenvalue weighted by molar-refractivity contribution is 0.318. The van der Waals surface area contributed by atoms with Crippen molar-refractivity contribution in [1.82, 2.24) is 0 Å². The average Bonchev–Trinajstić information content (AvgIpc) is 2.47. The number of phenolic OH excluding ortho intramolecular Hbond substituents is 1. The lowest BCUT2D eigenvalue weighted by atomic mass is 10.0. The van der Waals surface area contributed by atoms with E-state index in [0.29, 0.717) is 5.75 Å². The van der Waals surface area contributed by atoms with Gasteiger partial charge in [0.05, 0.1) is 0 Å². The van der Waals surface area contributed by atoms with Gasteiger partial charge >= 0.3 is 10.4 Å². The molecule has 0 aromatic heterocycles.